The lowest BCUT2D eigenvalue weighted by molar-refractivity contribution is -0.151. The fourth-order valence-electron chi connectivity index (χ4n) is 2.50. The lowest BCUT2D eigenvalue weighted by atomic mass is 9.89. The first kappa shape index (κ1) is 16.7. The van der Waals surface area contributed by atoms with Crippen LogP contribution in [0, 0.1) is 5.92 Å². The molecular weight excluding hydrogens is 290 g/mol. The van der Waals surface area contributed by atoms with Crippen LogP contribution in [0.4, 0.5) is 5.69 Å². The Hall–Kier alpha value is -2.62. The highest BCUT2D eigenvalue weighted by molar-refractivity contribution is 5.99. The maximum absolute atomic E-state index is 12.3. The molecule has 0 fully saturated rings. The highest BCUT2D eigenvalue weighted by atomic mass is 16.5. The molecule has 0 aliphatic heterocycles. The predicted molar refractivity (Wildman–Crippen MR) is 90.1 cm³/mol. The van der Waals surface area contributed by atoms with Crippen LogP contribution in [0.25, 0.3) is 0 Å². The van der Waals surface area contributed by atoms with Gasteiger partial charge in [-0.15, -0.1) is 0 Å². The van der Waals surface area contributed by atoms with E-state index in [1.54, 1.807) is 6.92 Å². The van der Waals surface area contributed by atoms with E-state index in [1.165, 1.54) is 6.92 Å². The Morgan fingerprint density at radius 1 is 1.00 bits per heavy atom. The van der Waals surface area contributed by atoms with Crippen molar-refractivity contribution in [2.45, 2.75) is 19.9 Å². The molecule has 2 unspecified atom stereocenters. The van der Waals surface area contributed by atoms with Crippen molar-refractivity contribution in [1.82, 2.24) is 0 Å². The quantitative estimate of drug-likeness (QED) is 0.627. The van der Waals surface area contributed by atoms with Gasteiger partial charge >= 0.3 is 5.97 Å². The van der Waals surface area contributed by atoms with Gasteiger partial charge in [0.2, 0.25) is 0 Å². The molecule has 23 heavy (non-hydrogen) atoms. The Kier molecular flexibility index (Phi) is 5.92. The molecule has 0 saturated carbocycles. The van der Waals surface area contributed by atoms with Crippen molar-refractivity contribution in [2.24, 2.45) is 5.92 Å². The molecule has 2 aromatic carbocycles. The molecule has 0 amide bonds. The van der Waals surface area contributed by atoms with Gasteiger partial charge in [0.1, 0.15) is 11.7 Å². The molecule has 0 aliphatic rings. The van der Waals surface area contributed by atoms with Gasteiger partial charge in [0.25, 0.3) is 0 Å². The number of carbonyl (C=O) groups excluding carboxylic acids is 2. The van der Waals surface area contributed by atoms with Crippen LogP contribution in [0.1, 0.15) is 25.5 Å². The highest BCUT2D eigenvalue weighted by Crippen LogP contribution is 2.28. The molecule has 2 aromatic rings. The molecule has 4 heteroatoms. The monoisotopic (exact) mass is 311 g/mol. The van der Waals surface area contributed by atoms with E-state index < -0.39 is 17.9 Å². The Labute approximate surface area is 136 Å². The van der Waals surface area contributed by atoms with Gasteiger partial charge in [-0.1, -0.05) is 48.5 Å². The summed E-state index contributed by atoms with van der Waals surface area (Å²) in [5.41, 5.74) is 1.71. The summed E-state index contributed by atoms with van der Waals surface area (Å²) in [4.78, 5) is 24.4. The third-order valence-corrected chi connectivity index (χ3v) is 3.57. The third-order valence-electron chi connectivity index (χ3n) is 3.57. The predicted octanol–water partition coefficient (Wildman–Crippen LogP) is 3.61. The van der Waals surface area contributed by atoms with E-state index in [4.69, 9.17) is 4.74 Å². The minimum atomic E-state index is -0.891. The number of nitrogens with one attached hydrogen (secondary N) is 1. The van der Waals surface area contributed by atoms with Gasteiger partial charge in [-0.25, -0.2) is 0 Å². The van der Waals surface area contributed by atoms with Gasteiger partial charge in [-0.3, -0.25) is 9.59 Å². The van der Waals surface area contributed by atoms with Crippen molar-refractivity contribution in [3.63, 3.8) is 0 Å². The minimum absolute atomic E-state index is 0.222. The van der Waals surface area contributed by atoms with Crippen LogP contribution in [0.15, 0.2) is 60.7 Å². The van der Waals surface area contributed by atoms with Gasteiger partial charge in [0.05, 0.1) is 12.6 Å². The van der Waals surface area contributed by atoms with Crippen LogP contribution in [0.2, 0.25) is 0 Å². The van der Waals surface area contributed by atoms with E-state index in [0.717, 1.165) is 11.3 Å². The van der Waals surface area contributed by atoms with Crippen LogP contribution in [-0.2, 0) is 14.3 Å². The minimum Gasteiger partial charge on any atom is -0.465 e. The normalized spacial score (nSPS) is 13.0. The fourth-order valence-corrected chi connectivity index (χ4v) is 2.50. The van der Waals surface area contributed by atoms with Crippen molar-refractivity contribution in [2.75, 3.05) is 11.9 Å². The van der Waals surface area contributed by atoms with Crippen LogP contribution in [0.3, 0.4) is 0 Å². The lowest BCUT2D eigenvalue weighted by Gasteiger charge is -2.26. The van der Waals surface area contributed by atoms with Gasteiger partial charge in [-0.05, 0) is 31.5 Å². The molecule has 2 atom stereocenters. The first-order valence-electron chi connectivity index (χ1n) is 7.67. The smallest absolute Gasteiger partial charge is 0.318 e. The van der Waals surface area contributed by atoms with Crippen molar-refractivity contribution >= 4 is 17.4 Å². The summed E-state index contributed by atoms with van der Waals surface area (Å²) in [5.74, 6) is -1.62. The number of hydrogen-bond donors (Lipinski definition) is 1. The topological polar surface area (TPSA) is 55.4 Å². The van der Waals surface area contributed by atoms with Crippen LogP contribution in [0.5, 0.6) is 0 Å². The highest BCUT2D eigenvalue weighted by Gasteiger charge is 2.34. The number of esters is 1. The Bertz CT molecular complexity index is 640. The van der Waals surface area contributed by atoms with Crippen molar-refractivity contribution < 1.29 is 14.3 Å². The molecule has 0 aliphatic carbocycles. The number of rotatable bonds is 7. The number of benzene rings is 2. The molecule has 0 bridgehead atoms. The first-order valence-corrected chi connectivity index (χ1v) is 7.67. The zero-order chi connectivity index (χ0) is 16.7. The second-order valence-corrected chi connectivity index (χ2v) is 5.24. The molecule has 2 rings (SSSR count). The SMILES string of the molecule is CCOC(=O)C(C(C)=O)C(Nc1ccccc1)c1ccccc1. The second kappa shape index (κ2) is 8.13. The maximum atomic E-state index is 12.3. The summed E-state index contributed by atoms with van der Waals surface area (Å²) in [6.07, 6.45) is 0. The van der Waals surface area contributed by atoms with Crippen LogP contribution < -0.4 is 5.32 Å². The van der Waals surface area contributed by atoms with Gasteiger partial charge in [0, 0.05) is 5.69 Å². The zero-order valence-corrected chi connectivity index (χ0v) is 13.4. The van der Waals surface area contributed by atoms with Crippen molar-refractivity contribution in [3.05, 3.63) is 66.2 Å². The Morgan fingerprint density at radius 2 is 1.57 bits per heavy atom. The number of ketones is 1. The van der Waals surface area contributed by atoms with Gasteiger partial charge in [0.15, 0.2) is 0 Å². The van der Waals surface area contributed by atoms with Crippen molar-refractivity contribution in [3.8, 4) is 0 Å². The summed E-state index contributed by atoms with van der Waals surface area (Å²) in [7, 11) is 0. The summed E-state index contributed by atoms with van der Waals surface area (Å²) in [6.45, 7) is 3.40. The molecule has 0 aromatic heterocycles. The third kappa shape index (κ3) is 4.42. The maximum Gasteiger partial charge on any atom is 0.318 e. The lowest BCUT2D eigenvalue weighted by Crippen LogP contribution is -2.34. The number of Topliss-reactive ketones (excluding diaryl/α,β-unsaturated/α-hetero) is 1. The summed E-state index contributed by atoms with van der Waals surface area (Å²) < 4.78 is 5.11. The molecule has 0 spiro atoms. The van der Waals surface area contributed by atoms with E-state index in [0.29, 0.717) is 0 Å². The molecule has 120 valence electrons. The standard InChI is InChI=1S/C19H21NO3/c1-3-23-19(22)17(14(2)21)18(15-10-6-4-7-11-15)20-16-12-8-5-9-13-16/h4-13,17-18,20H,3H2,1-2H3. The largest absolute Gasteiger partial charge is 0.465 e. The summed E-state index contributed by atoms with van der Waals surface area (Å²) in [5, 5.41) is 3.29. The Morgan fingerprint density at radius 3 is 2.09 bits per heavy atom. The average molecular weight is 311 g/mol. The molecular formula is C19H21NO3. The van der Waals surface area contributed by atoms with E-state index in [-0.39, 0.29) is 12.4 Å². The number of hydrogen-bond acceptors (Lipinski definition) is 4. The van der Waals surface area contributed by atoms with Gasteiger partial charge < -0.3 is 10.1 Å². The molecule has 0 saturated heterocycles. The average Bonchev–Trinajstić information content (AvgIpc) is 2.56. The fraction of sp³-hybridized carbons (Fsp3) is 0.263. The van der Waals surface area contributed by atoms with E-state index in [9.17, 15) is 9.59 Å². The number of ether oxygens (including phenoxy) is 1. The Balaban J connectivity index is 2.38. The molecule has 4 nitrogen and oxygen atoms in total. The van der Waals surface area contributed by atoms with E-state index in [1.807, 2.05) is 60.7 Å². The van der Waals surface area contributed by atoms with Crippen LogP contribution in [-0.4, -0.2) is 18.4 Å². The summed E-state index contributed by atoms with van der Waals surface area (Å²) in [6, 6.07) is 18.5. The second-order valence-electron chi connectivity index (χ2n) is 5.24. The van der Waals surface area contributed by atoms with Gasteiger partial charge in [-0.2, -0.15) is 0 Å². The van der Waals surface area contributed by atoms with Crippen LogP contribution >= 0.6 is 0 Å². The zero-order valence-electron chi connectivity index (χ0n) is 13.4. The molecule has 0 heterocycles. The first-order chi connectivity index (χ1) is 11.1. The number of anilines is 1. The number of para-hydroxylation sites is 1. The summed E-state index contributed by atoms with van der Waals surface area (Å²) >= 11 is 0. The number of carbonyl (C=O) groups is 2. The van der Waals surface area contributed by atoms with E-state index >= 15 is 0 Å². The molecule has 1 N–H and O–H groups in total. The molecule has 0 radical (unpaired) electrons. The van der Waals surface area contributed by atoms with E-state index in [2.05, 4.69) is 5.32 Å². The van der Waals surface area contributed by atoms with Crippen molar-refractivity contribution in [1.29, 1.82) is 0 Å².